The highest BCUT2D eigenvalue weighted by Gasteiger charge is 2.09. The zero-order chi connectivity index (χ0) is 17.2. The lowest BCUT2D eigenvalue weighted by Gasteiger charge is -2.04. The number of nitrogen functional groups attached to an aromatic ring is 1. The van der Waals surface area contributed by atoms with Gasteiger partial charge in [0.2, 0.25) is 0 Å². The molecule has 0 saturated carbocycles. The van der Waals surface area contributed by atoms with Gasteiger partial charge in [0.25, 0.3) is 5.91 Å². The number of pyridine rings is 1. The fourth-order valence-corrected chi connectivity index (χ4v) is 2.57. The number of nitrogens with zero attached hydrogens (tertiary/aromatic N) is 2. The summed E-state index contributed by atoms with van der Waals surface area (Å²) in [6, 6.07) is 16.4. The van der Waals surface area contributed by atoms with Gasteiger partial charge in [-0.1, -0.05) is 0 Å². The number of H-pyrrole nitrogens is 1. The van der Waals surface area contributed by atoms with Crippen molar-refractivity contribution in [1.29, 1.82) is 0 Å². The van der Waals surface area contributed by atoms with Crippen molar-refractivity contribution in [2.75, 3.05) is 11.1 Å². The Morgan fingerprint density at radius 1 is 1.00 bits per heavy atom. The predicted octanol–water partition coefficient (Wildman–Crippen LogP) is 3.46. The van der Waals surface area contributed by atoms with Crippen LogP contribution in [0.5, 0.6) is 0 Å². The third-order valence-electron chi connectivity index (χ3n) is 3.87. The fourth-order valence-electron chi connectivity index (χ4n) is 2.57. The molecule has 0 bridgehead atoms. The SMILES string of the molecule is Nc1ccc(-c2nc3ccc(NC(=O)c4ccncc4)cc3[nH]2)cc1. The third-order valence-corrected chi connectivity index (χ3v) is 3.87. The average molecular weight is 329 g/mol. The van der Waals surface area contributed by atoms with Crippen molar-refractivity contribution in [2.45, 2.75) is 0 Å². The molecule has 0 aliphatic rings. The van der Waals surface area contributed by atoms with Crippen LogP contribution < -0.4 is 11.1 Å². The Bertz CT molecular complexity index is 1040. The molecule has 122 valence electrons. The van der Waals surface area contributed by atoms with Gasteiger partial charge in [-0.2, -0.15) is 0 Å². The molecule has 1 amide bonds. The average Bonchev–Trinajstić information content (AvgIpc) is 3.06. The zero-order valence-corrected chi connectivity index (χ0v) is 13.2. The van der Waals surface area contributed by atoms with E-state index in [4.69, 9.17) is 5.73 Å². The number of nitrogens with one attached hydrogen (secondary N) is 2. The van der Waals surface area contributed by atoms with E-state index in [0.717, 1.165) is 22.4 Å². The summed E-state index contributed by atoms with van der Waals surface area (Å²) in [5, 5.41) is 2.88. The van der Waals surface area contributed by atoms with E-state index in [1.54, 1.807) is 24.5 Å². The van der Waals surface area contributed by atoms with E-state index in [0.29, 0.717) is 16.9 Å². The van der Waals surface area contributed by atoms with Crippen LogP contribution in [0.25, 0.3) is 22.4 Å². The molecule has 2 aromatic heterocycles. The van der Waals surface area contributed by atoms with Crippen molar-refractivity contribution < 1.29 is 4.79 Å². The summed E-state index contributed by atoms with van der Waals surface area (Å²) < 4.78 is 0. The second-order valence-electron chi connectivity index (χ2n) is 5.63. The Balaban J connectivity index is 1.62. The van der Waals surface area contributed by atoms with Gasteiger partial charge < -0.3 is 16.0 Å². The van der Waals surface area contributed by atoms with Crippen molar-refractivity contribution in [3.8, 4) is 11.4 Å². The van der Waals surface area contributed by atoms with E-state index in [1.165, 1.54) is 0 Å². The molecule has 0 radical (unpaired) electrons. The molecule has 0 atom stereocenters. The minimum atomic E-state index is -0.181. The largest absolute Gasteiger partial charge is 0.399 e. The van der Waals surface area contributed by atoms with Gasteiger partial charge in [0.05, 0.1) is 11.0 Å². The number of fused-ring (bicyclic) bond motifs is 1. The molecular weight excluding hydrogens is 314 g/mol. The molecule has 25 heavy (non-hydrogen) atoms. The number of hydrogen-bond donors (Lipinski definition) is 3. The van der Waals surface area contributed by atoms with Gasteiger partial charge in [-0.15, -0.1) is 0 Å². The zero-order valence-electron chi connectivity index (χ0n) is 13.2. The van der Waals surface area contributed by atoms with Crippen LogP contribution in [0.4, 0.5) is 11.4 Å². The minimum Gasteiger partial charge on any atom is -0.399 e. The smallest absolute Gasteiger partial charge is 0.255 e. The topological polar surface area (TPSA) is 96.7 Å². The van der Waals surface area contributed by atoms with E-state index in [2.05, 4.69) is 20.3 Å². The molecule has 0 fully saturated rings. The number of imidazole rings is 1. The number of benzene rings is 2. The maximum Gasteiger partial charge on any atom is 0.255 e. The first-order valence-electron chi connectivity index (χ1n) is 7.76. The molecule has 4 N–H and O–H groups in total. The van der Waals surface area contributed by atoms with Crippen molar-refractivity contribution in [1.82, 2.24) is 15.0 Å². The number of carbonyl (C=O) groups is 1. The van der Waals surface area contributed by atoms with Crippen molar-refractivity contribution in [3.05, 3.63) is 72.6 Å². The van der Waals surface area contributed by atoms with Gasteiger partial charge in [-0.3, -0.25) is 9.78 Å². The molecular formula is C19H15N5O. The summed E-state index contributed by atoms with van der Waals surface area (Å²) in [5.74, 6) is 0.577. The van der Waals surface area contributed by atoms with Crippen molar-refractivity contribution >= 4 is 28.3 Å². The molecule has 0 saturated heterocycles. The molecule has 2 heterocycles. The number of nitrogens with two attached hydrogens (primary N) is 1. The van der Waals surface area contributed by atoms with Crippen LogP contribution in [-0.4, -0.2) is 20.9 Å². The molecule has 4 aromatic rings. The van der Waals surface area contributed by atoms with E-state index in [-0.39, 0.29) is 5.91 Å². The fraction of sp³-hybridized carbons (Fsp3) is 0. The minimum absolute atomic E-state index is 0.181. The molecule has 6 heteroatoms. The van der Waals surface area contributed by atoms with Gasteiger partial charge in [0.1, 0.15) is 5.82 Å². The summed E-state index contributed by atoms with van der Waals surface area (Å²) in [6.45, 7) is 0. The highest BCUT2D eigenvalue weighted by molar-refractivity contribution is 6.04. The lowest BCUT2D eigenvalue weighted by Crippen LogP contribution is -2.11. The van der Waals surface area contributed by atoms with Crippen molar-refractivity contribution in [3.63, 3.8) is 0 Å². The van der Waals surface area contributed by atoms with Crippen LogP contribution in [0.15, 0.2) is 67.0 Å². The van der Waals surface area contributed by atoms with E-state index >= 15 is 0 Å². The third kappa shape index (κ3) is 3.05. The first-order chi connectivity index (χ1) is 12.2. The number of aromatic amines is 1. The highest BCUT2D eigenvalue weighted by atomic mass is 16.1. The Kier molecular flexibility index (Phi) is 3.63. The lowest BCUT2D eigenvalue weighted by molar-refractivity contribution is 0.102. The normalized spacial score (nSPS) is 10.7. The maximum atomic E-state index is 12.2. The van der Waals surface area contributed by atoms with Crippen molar-refractivity contribution in [2.24, 2.45) is 0 Å². The van der Waals surface area contributed by atoms with Crippen LogP contribution >= 0.6 is 0 Å². The summed E-state index contributed by atoms with van der Waals surface area (Å²) in [5.41, 5.74) is 10.3. The quantitative estimate of drug-likeness (QED) is 0.501. The Morgan fingerprint density at radius 3 is 2.52 bits per heavy atom. The summed E-state index contributed by atoms with van der Waals surface area (Å²) in [6.07, 6.45) is 3.18. The molecule has 0 unspecified atom stereocenters. The number of hydrogen-bond acceptors (Lipinski definition) is 4. The Morgan fingerprint density at radius 2 is 1.76 bits per heavy atom. The first-order valence-corrected chi connectivity index (χ1v) is 7.76. The van der Waals surface area contributed by atoms with E-state index in [1.807, 2.05) is 42.5 Å². The number of rotatable bonds is 3. The standard InChI is InChI=1S/C19H15N5O/c20-14-3-1-12(2-4-14)18-23-16-6-5-15(11-17(16)24-18)22-19(25)13-7-9-21-10-8-13/h1-11H,20H2,(H,22,25)(H,23,24). The summed E-state index contributed by atoms with van der Waals surface area (Å²) >= 11 is 0. The Labute approximate surface area is 143 Å². The predicted molar refractivity (Wildman–Crippen MR) is 98.1 cm³/mol. The van der Waals surface area contributed by atoms with Crippen LogP contribution in [0.3, 0.4) is 0 Å². The van der Waals surface area contributed by atoms with Gasteiger partial charge in [-0.05, 0) is 54.6 Å². The van der Waals surface area contributed by atoms with Crippen LogP contribution in [0, 0.1) is 0 Å². The van der Waals surface area contributed by atoms with E-state index < -0.39 is 0 Å². The summed E-state index contributed by atoms with van der Waals surface area (Å²) in [7, 11) is 0. The van der Waals surface area contributed by atoms with Gasteiger partial charge in [0.15, 0.2) is 0 Å². The molecule has 0 aliphatic heterocycles. The Hall–Kier alpha value is -3.67. The van der Waals surface area contributed by atoms with Crippen LogP contribution in [0.2, 0.25) is 0 Å². The highest BCUT2D eigenvalue weighted by Crippen LogP contribution is 2.23. The number of anilines is 2. The second-order valence-corrected chi connectivity index (χ2v) is 5.63. The van der Waals surface area contributed by atoms with E-state index in [9.17, 15) is 4.79 Å². The number of carbonyl (C=O) groups excluding carboxylic acids is 1. The van der Waals surface area contributed by atoms with Gasteiger partial charge in [-0.25, -0.2) is 4.98 Å². The van der Waals surface area contributed by atoms with Crippen LogP contribution in [-0.2, 0) is 0 Å². The monoisotopic (exact) mass is 329 g/mol. The molecule has 4 rings (SSSR count). The van der Waals surface area contributed by atoms with Gasteiger partial charge in [0, 0.05) is 34.9 Å². The molecule has 6 nitrogen and oxygen atoms in total. The van der Waals surface area contributed by atoms with Gasteiger partial charge >= 0.3 is 0 Å². The van der Waals surface area contributed by atoms with Crippen LogP contribution in [0.1, 0.15) is 10.4 Å². The molecule has 0 spiro atoms. The first kappa shape index (κ1) is 14.9. The number of aromatic nitrogens is 3. The lowest BCUT2D eigenvalue weighted by atomic mass is 10.2. The molecule has 2 aromatic carbocycles. The summed E-state index contributed by atoms with van der Waals surface area (Å²) in [4.78, 5) is 24.0. The maximum absolute atomic E-state index is 12.2. The number of amides is 1. The second kappa shape index (κ2) is 6.09. The molecule has 0 aliphatic carbocycles.